The molecule has 3 aromatic rings. The maximum atomic E-state index is 11.9. The monoisotopic (exact) mass is 308 g/mol. The molecule has 0 saturated heterocycles. The molecule has 1 aromatic heterocycles. The summed E-state index contributed by atoms with van der Waals surface area (Å²) in [7, 11) is 0. The minimum absolute atomic E-state index is 0.116. The van der Waals surface area contributed by atoms with Gasteiger partial charge in [-0.05, 0) is 36.4 Å². The summed E-state index contributed by atoms with van der Waals surface area (Å²) < 4.78 is 0. The topological polar surface area (TPSA) is 81.6 Å². The number of carbonyl (C=O) groups excluding carboxylic acids is 1. The van der Waals surface area contributed by atoms with E-state index in [1.54, 1.807) is 24.3 Å². The maximum absolute atomic E-state index is 11.9. The lowest BCUT2D eigenvalue weighted by Gasteiger charge is -2.03. The van der Waals surface area contributed by atoms with Gasteiger partial charge in [-0.25, -0.2) is 4.98 Å². The number of nitriles is 1. The summed E-state index contributed by atoms with van der Waals surface area (Å²) in [5.41, 5.74) is 3.08. The van der Waals surface area contributed by atoms with Crippen LogP contribution in [0.1, 0.15) is 5.56 Å². The first-order valence-corrected chi connectivity index (χ1v) is 7.61. The molecule has 0 fully saturated rings. The van der Waals surface area contributed by atoms with Crippen molar-refractivity contribution in [1.29, 1.82) is 5.26 Å². The van der Waals surface area contributed by atoms with Crippen molar-refractivity contribution in [3.63, 3.8) is 0 Å². The van der Waals surface area contributed by atoms with Gasteiger partial charge in [-0.3, -0.25) is 4.79 Å². The summed E-state index contributed by atoms with van der Waals surface area (Å²) >= 11 is 1.35. The van der Waals surface area contributed by atoms with Crippen LogP contribution in [0.5, 0.6) is 0 Å². The predicted octanol–water partition coefficient (Wildman–Crippen LogP) is 3.17. The van der Waals surface area contributed by atoms with Gasteiger partial charge in [-0.15, -0.1) is 0 Å². The minimum Gasteiger partial charge on any atom is -0.333 e. The molecule has 0 bridgehead atoms. The number of nitrogens with zero attached hydrogens (tertiary/aromatic N) is 2. The van der Waals surface area contributed by atoms with Gasteiger partial charge in [-0.2, -0.15) is 5.26 Å². The van der Waals surface area contributed by atoms with Crippen molar-refractivity contribution in [2.45, 2.75) is 5.16 Å². The van der Waals surface area contributed by atoms with E-state index >= 15 is 0 Å². The molecule has 5 nitrogen and oxygen atoms in total. The van der Waals surface area contributed by atoms with Crippen molar-refractivity contribution < 1.29 is 4.79 Å². The fourth-order valence-corrected chi connectivity index (χ4v) is 2.64. The van der Waals surface area contributed by atoms with Crippen LogP contribution < -0.4 is 5.32 Å². The average Bonchev–Trinajstić information content (AvgIpc) is 2.96. The highest BCUT2D eigenvalue weighted by Crippen LogP contribution is 2.19. The molecule has 0 aliphatic heterocycles. The molecule has 2 N–H and O–H groups in total. The number of imidazole rings is 1. The first-order valence-electron chi connectivity index (χ1n) is 6.62. The van der Waals surface area contributed by atoms with Crippen LogP contribution in [0.3, 0.4) is 0 Å². The van der Waals surface area contributed by atoms with E-state index in [-0.39, 0.29) is 11.7 Å². The van der Waals surface area contributed by atoms with Gasteiger partial charge >= 0.3 is 0 Å². The first-order chi connectivity index (χ1) is 10.7. The van der Waals surface area contributed by atoms with Gasteiger partial charge in [0.15, 0.2) is 5.16 Å². The van der Waals surface area contributed by atoms with Crippen LogP contribution in [-0.2, 0) is 4.79 Å². The molecule has 2 aromatic carbocycles. The van der Waals surface area contributed by atoms with Crippen LogP contribution in [0.4, 0.5) is 5.69 Å². The van der Waals surface area contributed by atoms with Crippen molar-refractivity contribution in [2.75, 3.05) is 11.1 Å². The summed E-state index contributed by atoms with van der Waals surface area (Å²) in [5.74, 6) is 0.148. The Kier molecular flexibility index (Phi) is 4.08. The zero-order valence-corrected chi connectivity index (χ0v) is 12.4. The Balaban J connectivity index is 1.58. The van der Waals surface area contributed by atoms with Gasteiger partial charge in [-0.1, -0.05) is 23.9 Å². The van der Waals surface area contributed by atoms with Crippen LogP contribution >= 0.6 is 11.8 Å². The fraction of sp³-hybridized carbons (Fsp3) is 0.0625. The Morgan fingerprint density at radius 2 is 2.00 bits per heavy atom. The Morgan fingerprint density at radius 1 is 1.23 bits per heavy atom. The van der Waals surface area contributed by atoms with Gasteiger partial charge in [0.05, 0.1) is 28.4 Å². The number of carbonyl (C=O) groups is 1. The Labute approximate surface area is 131 Å². The smallest absolute Gasteiger partial charge is 0.234 e. The Bertz CT molecular complexity index is 815. The lowest BCUT2D eigenvalue weighted by molar-refractivity contribution is -0.113. The molecule has 0 atom stereocenters. The third kappa shape index (κ3) is 3.27. The molecule has 0 spiro atoms. The second-order valence-electron chi connectivity index (χ2n) is 4.59. The number of hydrogen-bond donors (Lipinski definition) is 2. The lowest BCUT2D eigenvalue weighted by atomic mass is 10.2. The van der Waals surface area contributed by atoms with Gasteiger partial charge < -0.3 is 10.3 Å². The molecule has 1 amide bonds. The van der Waals surface area contributed by atoms with Crippen LogP contribution in [0.15, 0.2) is 53.7 Å². The normalized spacial score (nSPS) is 10.3. The number of para-hydroxylation sites is 2. The molecular weight excluding hydrogens is 296 g/mol. The van der Waals surface area contributed by atoms with E-state index < -0.39 is 0 Å². The summed E-state index contributed by atoms with van der Waals surface area (Å²) in [6.07, 6.45) is 0. The van der Waals surface area contributed by atoms with Gasteiger partial charge in [0.1, 0.15) is 0 Å². The van der Waals surface area contributed by atoms with Crippen molar-refractivity contribution in [2.24, 2.45) is 0 Å². The van der Waals surface area contributed by atoms with Gasteiger partial charge in [0.2, 0.25) is 5.91 Å². The van der Waals surface area contributed by atoms with E-state index in [0.29, 0.717) is 11.3 Å². The number of anilines is 1. The lowest BCUT2D eigenvalue weighted by Crippen LogP contribution is -2.14. The summed E-state index contributed by atoms with van der Waals surface area (Å²) in [4.78, 5) is 19.5. The molecule has 0 radical (unpaired) electrons. The van der Waals surface area contributed by atoms with E-state index in [9.17, 15) is 4.79 Å². The molecule has 108 valence electrons. The van der Waals surface area contributed by atoms with Crippen LogP contribution in [0.25, 0.3) is 11.0 Å². The number of H-pyrrole nitrogens is 1. The first kappa shape index (κ1) is 14.2. The SMILES string of the molecule is N#Cc1ccc(NC(=O)CSc2nc3ccccc3[nH]2)cc1. The fourth-order valence-electron chi connectivity index (χ4n) is 1.96. The largest absolute Gasteiger partial charge is 0.333 e. The molecule has 0 saturated carbocycles. The number of nitrogens with one attached hydrogen (secondary N) is 2. The van der Waals surface area contributed by atoms with Crippen LogP contribution in [-0.4, -0.2) is 21.6 Å². The summed E-state index contributed by atoms with van der Waals surface area (Å²) in [6.45, 7) is 0. The third-order valence-corrected chi connectivity index (χ3v) is 3.88. The minimum atomic E-state index is -0.116. The van der Waals surface area contributed by atoms with E-state index in [1.165, 1.54) is 11.8 Å². The molecule has 0 unspecified atom stereocenters. The van der Waals surface area contributed by atoms with E-state index in [4.69, 9.17) is 5.26 Å². The molecule has 22 heavy (non-hydrogen) atoms. The number of amides is 1. The number of aromatic amines is 1. The Morgan fingerprint density at radius 3 is 2.73 bits per heavy atom. The van der Waals surface area contributed by atoms with Crippen LogP contribution in [0.2, 0.25) is 0 Å². The second kappa shape index (κ2) is 6.33. The highest BCUT2D eigenvalue weighted by molar-refractivity contribution is 7.99. The second-order valence-corrected chi connectivity index (χ2v) is 5.55. The number of aromatic nitrogens is 2. The van der Waals surface area contributed by atoms with E-state index in [0.717, 1.165) is 16.2 Å². The highest BCUT2D eigenvalue weighted by atomic mass is 32.2. The highest BCUT2D eigenvalue weighted by Gasteiger charge is 2.07. The number of hydrogen-bond acceptors (Lipinski definition) is 4. The predicted molar refractivity (Wildman–Crippen MR) is 86.6 cm³/mol. The van der Waals surface area contributed by atoms with E-state index in [2.05, 4.69) is 15.3 Å². The molecule has 0 aliphatic carbocycles. The maximum Gasteiger partial charge on any atom is 0.234 e. The zero-order chi connectivity index (χ0) is 15.4. The number of fused-ring (bicyclic) bond motifs is 1. The van der Waals surface area contributed by atoms with Crippen LogP contribution in [0, 0.1) is 11.3 Å². The standard InChI is InChI=1S/C16H12N4OS/c17-9-11-5-7-12(8-6-11)18-15(21)10-22-16-19-13-3-1-2-4-14(13)20-16/h1-8H,10H2,(H,18,21)(H,19,20). The van der Waals surface area contributed by atoms with Crippen molar-refractivity contribution in [1.82, 2.24) is 9.97 Å². The van der Waals surface area contributed by atoms with Crippen molar-refractivity contribution >= 4 is 34.4 Å². The van der Waals surface area contributed by atoms with Gasteiger partial charge in [0, 0.05) is 5.69 Å². The number of rotatable bonds is 4. The summed E-state index contributed by atoms with van der Waals surface area (Å²) in [5, 5.41) is 12.2. The summed E-state index contributed by atoms with van der Waals surface area (Å²) in [6, 6.07) is 16.5. The molecule has 0 aliphatic rings. The quantitative estimate of drug-likeness (QED) is 0.725. The Hall–Kier alpha value is -2.78. The number of benzene rings is 2. The molecule has 1 heterocycles. The van der Waals surface area contributed by atoms with Crippen molar-refractivity contribution in [3.05, 3.63) is 54.1 Å². The molecule has 6 heteroatoms. The third-order valence-electron chi connectivity index (χ3n) is 3.01. The molecule has 3 rings (SSSR count). The molecular formula is C16H12N4OS. The van der Waals surface area contributed by atoms with Gasteiger partial charge in [0.25, 0.3) is 0 Å². The zero-order valence-electron chi connectivity index (χ0n) is 11.5. The average molecular weight is 308 g/mol. The number of thioether (sulfide) groups is 1. The van der Waals surface area contributed by atoms with E-state index in [1.807, 2.05) is 30.3 Å². The van der Waals surface area contributed by atoms with Crippen molar-refractivity contribution in [3.8, 4) is 6.07 Å².